The van der Waals surface area contributed by atoms with Crippen LogP contribution in [0.4, 0.5) is 39.5 Å². The third kappa shape index (κ3) is 5.58. The molecule has 10 heteroatoms. The van der Waals surface area contributed by atoms with Gasteiger partial charge in [-0.2, -0.15) is 0 Å². The number of rotatable bonds is 3. The molecule has 0 unspecified atom stereocenters. The van der Waals surface area contributed by atoms with Crippen molar-refractivity contribution in [3.05, 3.63) is 89.5 Å². The summed E-state index contributed by atoms with van der Waals surface area (Å²) in [4.78, 5) is 0. The number of hydrogen-bond acceptors (Lipinski definition) is 0. The Morgan fingerprint density at radius 1 is 0.419 bits per heavy atom. The Labute approximate surface area is 178 Å². The van der Waals surface area contributed by atoms with E-state index in [0.29, 0.717) is 0 Å². The molecule has 3 aromatic rings. The molecule has 0 aliphatic heterocycles. The molecule has 0 spiro atoms. The molecule has 0 fully saturated rings. The predicted octanol–water partition coefficient (Wildman–Crippen LogP) is 5.26. The van der Waals surface area contributed by atoms with E-state index >= 15 is 0 Å². The maximum atomic E-state index is 13.2. The fourth-order valence-corrected chi connectivity index (χ4v) is 12.1. The Kier molecular flexibility index (Phi) is 6.42. The minimum absolute atomic E-state index is 0.121. The molecule has 0 atom stereocenters. The predicted molar refractivity (Wildman–Crippen MR) is 99.0 cm³/mol. The molecule has 0 N–H and O–H groups in total. The molecule has 0 aliphatic carbocycles. The van der Waals surface area contributed by atoms with Crippen molar-refractivity contribution in [2.45, 2.75) is 18.5 Å². The molecule has 0 radical (unpaired) electrons. The van der Waals surface area contributed by atoms with E-state index < -0.39 is 56.7 Å². The van der Waals surface area contributed by atoms with Crippen LogP contribution in [0, 0.1) is 0 Å². The molecule has 3 rings (SSSR count). The van der Waals surface area contributed by atoms with E-state index in [1.807, 2.05) is 0 Å². The monoisotopic (exact) mass is 550 g/mol. The van der Waals surface area contributed by atoms with Crippen LogP contribution < -0.4 is 9.96 Å². The van der Waals surface area contributed by atoms with Crippen LogP contribution in [0.5, 0.6) is 0 Å². The molecule has 0 aliphatic rings. The van der Waals surface area contributed by atoms with Crippen molar-refractivity contribution in [2.75, 3.05) is 0 Å². The first-order valence-corrected chi connectivity index (χ1v) is 13.7. The van der Waals surface area contributed by atoms with E-state index in [2.05, 4.69) is 0 Å². The first-order valence-electron chi connectivity index (χ1n) is 8.78. The van der Waals surface area contributed by atoms with Crippen LogP contribution in [0.15, 0.2) is 72.8 Å². The van der Waals surface area contributed by atoms with Gasteiger partial charge in [0.25, 0.3) is 0 Å². The van der Waals surface area contributed by atoms with Gasteiger partial charge in [-0.15, -0.1) is 0 Å². The van der Waals surface area contributed by atoms with E-state index in [-0.39, 0.29) is 9.96 Å². The van der Waals surface area contributed by atoms with Gasteiger partial charge in [-0.25, -0.2) is 0 Å². The third-order valence-electron chi connectivity index (χ3n) is 4.64. The topological polar surface area (TPSA) is 0 Å². The summed E-state index contributed by atoms with van der Waals surface area (Å²) in [6.45, 7) is 0. The number of halogens is 9. The van der Waals surface area contributed by atoms with Crippen molar-refractivity contribution in [3.63, 3.8) is 0 Å². The van der Waals surface area contributed by atoms with Crippen LogP contribution in [0.3, 0.4) is 0 Å². The Bertz CT molecular complexity index is 928. The van der Waals surface area contributed by atoms with Crippen molar-refractivity contribution in [2.24, 2.45) is 0 Å². The molecule has 0 saturated heterocycles. The van der Waals surface area contributed by atoms with Crippen LogP contribution in [0.1, 0.15) is 16.7 Å². The van der Waals surface area contributed by atoms with Gasteiger partial charge in [-0.1, -0.05) is 0 Å². The average Bonchev–Trinajstić information content (AvgIpc) is 2.67. The molecular formula is C21H12F9In. The number of hydrogen-bond donors (Lipinski definition) is 0. The summed E-state index contributed by atoms with van der Waals surface area (Å²) < 4.78 is 119. The zero-order valence-electron chi connectivity index (χ0n) is 15.4. The van der Waals surface area contributed by atoms with E-state index in [0.717, 1.165) is 54.6 Å². The first-order chi connectivity index (χ1) is 14.3. The Hall–Kier alpha value is -2.10. The van der Waals surface area contributed by atoms with Gasteiger partial charge in [-0.3, -0.25) is 0 Å². The van der Waals surface area contributed by atoms with E-state index in [4.69, 9.17) is 0 Å². The summed E-state index contributed by atoms with van der Waals surface area (Å²) in [5.41, 5.74) is -3.03. The normalized spacial score (nSPS) is 12.7. The summed E-state index contributed by atoms with van der Waals surface area (Å²) in [7, 11) is 0. The molecule has 162 valence electrons. The van der Waals surface area contributed by atoms with E-state index in [9.17, 15) is 39.5 Å². The zero-order chi connectivity index (χ0) is 23.0. The van der Waals surface area contributed by atoms with Gasteiger partial charge < -0.3 is 0 Å². The summed E-state index contributed by atoms with van der Waals surface area (Å²) >= 11 is -4.04. The second-order valence-corrected chi connectivity index (χ2v) is 15.0. The molecular weight excluding hydrogens is 538 g/mol. The fraction of sp³-hybridized carbons (Fsp3) is 0.143. The van der Waals surface area contributed by atoms with Gasteiger partial charge in [0.05, 0.1) is 0 Å². The van der Waals surface area contributed by atoms with Crippen molar-refractivity contribution >= 4 is 31.4 Å². The zero-order valence-corrected chi connectivity index (χ0v) is 18.7. The van der Waals surface area contributed by atoms with Crippen LogP contribution in [-0.4, -0.2) is 21.4 Å². The molecule has 0 amide bonds. The van der Waals surface area contributed by atoms with E-state index in [1.165, 1.54) is 18.2 Å². The fourth-order valence-electron chi connectivity index (χ4n) is 3.26. The maximum absolute atomic E-state index is 13.2. The average molecular weight is 550 g/mol. The Balaban J connectivity index is 2.24. The molecule has 3 aromatic carbocycles. The summed E-state index contributed by atoms with van der Waals surface area (Å²) in [6.07, 6.45) is -14.1. The van der Waals surface area contributed by atoms with Crippen molar-refractivity contribution in [1.82, 2.24) is 0 Å². The van der Waals surface area contributed by atoms with Crippen LogP contribution >= 0.6 is 0 Å². The van der Waals surface area contributed by atoms with Gasteiger partial charge in [-0.05, 0) is 0 Å². The first kappa shape index (κ1) is 23.6. The quantitative estimate of drug-likeness (QED) is 0.391. The molecule has 0 heterocycles. The Morgan fingerprint density at radius 3 is 0.903 bits per heavy atom. The van der Waals surface area contributed by atoms with Crippen LogP contribution in [-0.2, 0) is 18.5 Å². The number of alkyl halides is 9. The van der Waals surface area contributed by atoms with Crippen LogP contribution in [0.2, 0.25) is 0 Å². The molecule has 0 bridgehead atoms. The van der Waals surface area contributed by atoms with E-state index in [1.54, 1.807) is 0 Å². The second-order valence-electron chi connectivity index (χ2n) is 6.80. The summed E-state index contributed by atoms with van der Waals surface area (Å²) in [5, 5.41) is 0. The molecule has 0 nitrogen and oxygen atoms in total. The van der Waals surface area contributed by atoms with Crippen molar-refractivity contribution < 1.29 is 39.5 Å². The SMILES string of the molecule is FC(F)(F)c1ccc[c]([In]([c]2cccc(C(F)(F)F)c2)[c]2cccc(C(F)(F)F)c2)c1. The number of benzene rings is 3. The molecule has 0 saturated carbocycles. The van der Waals surface area contributed by atoms with Gasteiger partial charge in [0.1, 0.15) is 0 Å². The molecule has 31 heavy (non-hydrogen) atoms. The van der Waals surface area contributed by atoms with Gasteiger partial charge in [0.15, 0.2) is 0 Å². The summed E-state index contributed by atoms with van der Waals surface area (Å²) in [5.74, 6) is 0. The van der Waals surface area contributed by atoms with Gasteiger partial charge in [0.2, 0.25) is 0 Å². The van der Waals surface area contributed by atoms with Crippen LogP contribution in [0.25, 0.3) is 0 Å². The van der Waals surface area contributed by atoms with Crippen molar-refractivity contribution in [1.29, 1.82) is 0 Å². The summed E-state index contributed by atoms with van der Waals surface area (Å²) in [6, 6.07) is 12.2. The Morgan fingerprint density at radius 2 is 0.677 bits per heavy atom. The standard InChI is InChI=1S/3C7H4F3.In/c3*8-7(9,10)6-4-2-1-3-5-6;/h3*1-2,4-5H;. The van der Waals surface area contributed by atoms with Gasteiger partial charge >= 0.3 is 179 Å². The van der Waals surface area contributed by atoms with Crippen molar-refractivity contribution in [3.8, 4) is 0 Å². The minimum atomic E-state index is -4.70. The second kappa shape index (κ2) is 8.44. The third-order valence-corrected chi connectivity index (χ3v) is 13.4. The molecule has 0 aromatic heterocycles. The van der Waals surface area contributed by atoms with Gasteiger partial charge in [0, 0.05) is 0 Å².